The second kappa shape index (κ2) is 15.9. The Morgan fingerprint density at radius 3 is 2.00 bits per heavy atom. The highest BCUT2D eigenvalue weighted by Crippen LogP contribution is 2.16. The van der Waals surface area contributed by atoms with Crippen LogP contribution in [-0.4, -0.2) is 76.3 Å². The lowest BCUT2D eigenvalue weighted by molar-refractivity contribution is -0.159. The van der Waals surface area contributed by atoms with Crippen molar-refractivity contribution in [3.63, 3.8) is 0 Å². The van der Waals surface area contributed by atoms with Crippen molar-refractivity contribution in [2.45, 2.75) is 83.6 Å². The van der Waals surface area contributed by atoms with Crippen LogP contribution >= 0.6 is 0 Å². The molecule has 7 N–H and O–H groups in total. The number of benzene rings is 1. The Labute approximate surface area is 232 Å². The molecule has 0 fully saturated rings. The van der Waals surface area contributed by atoms with Gasteiger partial charge in [-0.05, 0) is 44.9 Å². The molecular weight excluding hydrogens is 528 g/mol. The molecule has 222 valence electrons. The number of primary amides is 1. The van der Waals surface area contributed by atoms with E-state index < -0.39 is 66.0 Å². The summed E-state index contributed by atoms with van der Waals surface area (Å²) < 4.78 is 10.1. The van der Waals surface area contributed by atoms with Gasteiger partial charge in [-0.15, -0.1) is 0 Å². The summed E-state index contributed by atoms with van der Waals surface area (Å²) in [6, 6.07) is 3.04. The maximum atomic E-state index is 13.1. The molecule has 0 aromatic heterocycles. The lowest BCUT2D eigenvalue weighted by atomic mass is 10.0. The van der Waals surface area contributed by atoms with Gasteiger partial charge in [0.2, 0.25) is 17.7 Å². The van der Waals surface area contributed by atoms with Crippen LogP contribution in [0, 0.1) is 0 Å². The number of hydrogen-bond donors (Lipinski definition) is 6. The van der Waals surface area contributed by atoms with Crippen LogP contribution in [0.1, 0.15) is 58.9 Å². The van der Waals surface area contributed by atoms with Crippen LogP contribution in [0.5, 0.6) is 5.75 Å². The van der Waals surface area contributed by atoms with Gasteiger partial charge in [-0.2, -0.15) is 0 Å². The van der Waals surface area contributed by atoms with Crippen molar-refractivity contribution >= 4 is 35.8 Å². The molecule has 2 atom stereocenters. The van der Waals surface area contributed by atoms with E-state index >= 15 is 0 Å². The molecule has 0 aliphatic rings. The second-order valence-corrected chi connectivity index (χ2v) is 9.95. The van der Waals surface area contributed by atoms with Crippen LogP contribution in [-0.2, 0) is 35.1 Å². The van der Waals surface area contributed by atoms with Gasteiger partial charge in [0.25, 0.3) is 6.10 Å². The average Bonchev–Trinajstić information content (AvgIpc) is 2.83. The molecule has 40 heavy (non-hydrogen) atoms. The van der Waals surface area contributed by atoms with Crippen LogP contribution in [0.25, 0.3) is 0 Å². The third-order valence-electron chi connectivity index (χ3n) is 5.19. The van der Waals surface area contributed by atoms with Crippen LogP contribution in [0.3, 0.4) is 0 Å². The van der Waals surface area contributed by atoms with Gasteiger partial charge in [0.05, 0.1) is 6.42 Å². The SMILES string of the molecule is CCCCCNC(=O)[C@H](Cc1ccc(OC(C(=O)O)C(=O)O)cc1)NC(=O)[C@H](CC(N)=O)NC(=O)OC(C)(C)C. The molecule has 0 bridgehead atoms. The number of carboxylic acids is 2. The highest BCUT2D eigenvalue weighted by molar-refractivity contribution is 5.96. The van der Waals surface area contributed by atoms with Gasteiger partial charge < -0.3 is 41.4 Å². The summed E-state index contributed by atoms with van der Waals surface area (Å²) in [5, 5.41) is 25.6. The highest BCUT2D eigenvalue weighted by atomic mass is 16.6. The molecule has 0 aliphatic carbocycles. The number of carbonyl (C=O) groups excluding carboxylic acids is 4. The van der Waals surface area contributed by atoms with Gasteiger partial charge in [-0.25, -0.2) is 14.4 Å². The first-order chi connectivity index (χ1) is 18.6. The number of nitrogens with two attached hydrogens (primary N) is 1. The van der Waals surface area contributed by atoms with Gasteiger partial charge in [-0.1, -0.05) is 31.9 Å². The molecule has 1 aromatic rings. The maximum Gasteiger partial charge on any atom is 0.408 e. The molecule has 0 heterocycles. The molecule has 1 aromatic carbocycles. The fourth-order valence-corrected chi connectivity index (χ4v) is 3.33. The Morgan fingerprint density at radius 2 is 1.50 bits per heavy atom. The van der Waals surface area contributed by atoms with Gasteiger partial charge in [0.15, 0.2) is 0 Å². The predicted molar refractivity (Wildman–Crippen MR) is 141 cm³/mol. The fourth-order valence-electron chi connectivity index (χ4n) is 3.33. The number of aliphatic carboxylic acids is 2. The molecule has 0 radical (unpaired) electrons. The molecule has 0 aliphatic heterocycles. The minimum atomic E-state index is -2.11. The van der Waals surface area contributed by atoms with E-state index in [0.29, 0.717) is 18.5 Å². The van der Waals surface area contributed by atoms with Crippen molar-refractivity contribution in [3.8, 4) is 5.75 Å². The lowest BCUT2D eigenvalue weighted by Crippen LogP contribution is -2.55. The Bertz CT molecular complexity index is 1040. The van der Waals surface area contributed by atoms with Crippen molar-refractivity contribution in [2.24, 2.45) is 5.73 Å². The molecule has 0 unspecified atom stereocenters. The largest absolute Gasteiger partial charge is 0.478 e. The summed E-state index contributed by atoms with van der Waals surface area (Å²) in [6.07, 6.45) is -1.11. The average molecular weight is 567 g/mol. The summed E-state index contributed by atoms with van der Waals surface area (Å²) in [6.45, 7) is 7.22. The van der Waals surface area contributed by atoms with Gasteiger partial charge in [0, 0.05) is 13.0 Å². The van der Waals surface area contributed by atoms with E-state index in [2.05, 4.69) is 16.0 Å². The normalized spacial score (nSPS) is 12.5. The molecule has 1 rings (SSSR count). The molecule has 14 nitrogen and oxygen atoms in total. The Balaban J connectivity index is 3.10. The molecular formula is C26H38N4O10. The second-order valence-electron chi connectivity index (χ2n) is 9.95. The number of hydrogen-bond acceptors (Lipinski definition) is 8. The van der Waals surface area contributed by atoms with E-state index in [1.165, 1.54) is 24.3 Å². The Hall–Kier alpha value is -4.36. The standard InChI is InChI=1S/C26H38N4O10/c1-5-6-7-12-28-21(32)17(13-15-8-10-16(11-9-15)39-20(23(34)35)24(36)37)29-22(33)18(14-19(27)31)30-25(38)40-26(2,3)4/h8-11,17-18,20H,5-7,12-14H2,1-4H3,(H2,27,31)(H,28,32)(H,29,33)(H,30,38)(H,34,35)(H,36,37)/t17-,18-/m0/s1. The van der Waals surface area contributed by atoms with Crippen molar-refractivity contribution in [3.05, 3.63) is 29.8 Å². The van der Waals surface area contributed by atoms with E-state index in [1.807, 2.05) is 6.92 Å². The fraction of sp³-hybridized carbons (Fsp3) is 0.538. The zero-order valence-corrected chi connectivity index (χ0v) is 23.0. The monoisotopic (exact) mass is 566 g/mol. The summed E-state index contributed by atoms with van der Waals surface area (Å²) in [4.78, 5) is 72.0. The number of nitrogens with one attached hydrogen (secondary N) is 3. The van der Waals surface area contributed by atoms with Crippen molar-refractivity contribution in [1.82, 2.24) is 16.0 Å². The number of alkyl carbamates (subject to hydrolysis) is 1. The van der Waals surface area contributed by atoms with Crippen molar-refractivity contribution in [2.75, 3.05) is 6.54 Å². The van der Waals surface area contributed by atoms with Crippen molar-refractivity contribution in [1.29, 1.82) is 0 Å². The summed E-state index contributed by atoms with van der Waals surface area (Å²) >= 11 is 0. The Morgan fingerprint density at radius 1 is 0.900 bits per heavy atom. The first-order valence-corrected chi connectivity index (χ1v) is 12.7. The maximum absolute atomic E-state index is 13.1. The first kappa shape index (κ1) is 33.7. The first-order valence-electron chi connectivity index (χ1n) is 12.7. The third kappa shape index (κ3) is 12.9. The minimum Gasteiger partial charge on any atom is -0.478 e. The molecule has 0 spiro atoms. The number of ether oxygens (including phenoxy) is 2. The van der Waals surface area contributed by atoms with Gasteiger partial charge in [-0.3, -0.25) is 14.4 Å². The predicted octanol–water partition coefficient (Wildman–Crippen LogP) is 0.706. The number of carbonyl (C=O) groups is 6. The summed E-state index contributed by atoms with van der Waals surface area (Å²) in [5.74, 6) is -5.62. The molecule has 0 saturated carbocycles. The summed E-state index contributed by atoms with van der Waals surface area (Å²) in [5.41, 5.74) is 4.89. The van der Waals surface area contributed by atoms with Gasteiger partial charge >= 0.3 is 18.0 Å². The Kier molecular flexibility index (Phi) is 13.4. The number of rotatable bonds is 16. The van der Waals surface area contributed by atoms with E-state index in [4.69, 9.17) is 25.4 Å². The smallest absolute Gasteiger partial charge is 0.408 e. The molecule has 0 saturated heterocycles. The van der Waals surface area contributed by atoms with E-state index in [-0.39, 0.29) is 12.2 Å². The van der Waals surface area contributed by atoms with E-state index in [0.717, 1.165) is 12.8 Å². The van der Waals surface area contributed by atoms with Crippen LogP contribution in [0.2, 0.25) is 0 Å². The van der Waals surface area contributed by atoms with Crippen LogP contribution in [0.4, 0.5) is 4.79 Å². The molecule has 14 heteroatoms. The minimum absolute atomic E-state index is 0.0359. The van der Waals surface area contributed by atoms with E-state index in [9.17, 15) is 28.8 Å². The van der Waals surface area contributed by atoms with Crippen LogP contribution in [0.15, 0.2) is 24.3 Å². The number of carboxylic acid groups (broad SMARTS) is 2. The molecule has 4 amide bonds. The highest BCUT2D eigenvalue weighted by Gasteiger charge is 2.30. The van der Waals surface area contributed by atoms with Gasteiger partial charge in [0.1, 0.15) is 23.4 Å². The summed E-state index contributed by atoms with van der Waals surface area (Å²) in [7, 11) is 0. The topological polar surface area (TPSA) is 223 Å². The quantitative estimate of drug-likeness (QED) is 0.121. The van der Waals surface area contributed by atoms with Crippen LogP contribution < -0.4 is 26.4 Å². The third-order valence-corrected chi connectivity index (χ3v) is 5.19. The lowest BCUT2D eigenvalue weighted by Gasteiger charge is -2.25. The zero-order chi connectivity index (χ0) is 30.5. The number of amides is 4. The zero-order valence-electron chi connectivity index (χ0n) is 23.0. The van der Waals surface area contributed by atoms with Crippen molar-refractivity contribution < 1.29 is 48.5 Å². The number of unbranched alkanes of at least 4 members (excludes halogenated alkanes) is 2. The van der Waals surface area contributed by atoms with E-state index in [1.54, 1.807) is 20.8 Å².